The fraction of sp³-hybridized carbons (Fsp3) is 0.375. The average Bonchev–Trinajstić information content (AvgIpc) is 3.10. The molecule has 0 saturated carbocycles. The topological polar surface area (TPSA) is 25.2 Å². The van der Waals surface area contributed by atoms with E-state index in [1.165, 1.54) is 17.7 Å². The third kappa shape index (κ3) is 5.61. The number of aryl methyl sites for hydroxylation is 1. The van der Waals surface area contributed by atoms with Gasteiger partial charge in [-0.1, -0.05) is 29.8 Å². The van der Waals surface area contributed by atoms with E-state index in [9.17, 15) is 4.79 Å². The van der Waals surface area contributed by atoms with E-state index in [1.807, 2.05) is 48.3 Å². The van der Waals surface area contributed by atoms with Gasteiger partial charge in [-0.15, -0.1) is 24.2 Å². The van der Waals surface area contributed by atoms with Crippen molar-refractivity contribution in [1.29, 1.82) is 0 Å². The lowest BCUT2D eigenvalue weighted by molar-refractivity contribution is 0.101. The van der Waals surface area contributed by atoms with Gasteiger partial charge in [-0.2, -0.15) is 0 Å². The van der Waals surface area contributed by atoms with Crippen molar-refractivity contribution in [3.8, 4) is 0 Å². The van der Waals surface area contributed by atoms with E-state index in [-0.39, 0.29) is 18.2 Å². The molecule has 0 bridgehead atoms. The SMILES string of the molecule is CC(=O)c1cn(CCCN2CCC(Sc3ccc(Cl)cc3)CC2)c2ccccc12.Cl. The highest BCUT2D eigenvalue weighted by molar-refractivity contribution is 8.00. The Morgan fingerprint density at radius 2 is 1.77 bits per heavy atom. The van der Waals surface area contributed by atoms with Crippen molar-refractivity contribution in [2.45, 2.75) is 42.9 Å². The summed E-state index contributed by atoms with van der Waals surface area (Å²) in [5.74, 6) is 0.139. The molecule has 1 aliphatic heterocycles. The molecule has 1 aliphatic rings. The first-order chi connectivity index (χ1) is 14.1. The Bertz CT molecular complexity index is 979. The number of rotatable bonds is 7. The van der Waals surface area contributed by atoms with E-state index in [0.717, 1.165) is 54.1 Å². The number of fused-ring (bicyclic) bond motifs is 1. The predicted octanol–water partition coefficient (Wildman–Crippen LogP) is 6.57. The molecular weight excluding hydrogens is 435 g/mol. The highest BCUT2D eigenvalue weighted by Crippen LogP contribution is 2.31. The minimum absolute atomic E-state index is 0. The highest BCUT2D eigenvalue weighted by Gasteiger charge is 2.20. The number of carbonyl (C=O) groups is 1. The van der Waals surface area contributed by atoms with Gasteiger partial charge >= 0.3 is 0 Å². The summed E-state index contributed by atoms with van der Waals surface area (Å²) >= 11 is 7.96. The van der Waals surface area contributed by atoms with Crippen molar-refractivity contribution in [1.82, 2.24) is 9.47 Å². The molecular formula is C24H28Cl2N2OS. The molecule has 3 aromatic rings. The summed E-state index contributed by atoms with van der Waals surface area (Å²) in [6.07, 6.45) is 5.59. The molecule has 2 heterocycles. The number of Topliss-reactive ketones (excluding diaryl/α,β-unsaturated/α-hetero) is 1. The maximum atomic E-state index is 11.9. The Hall–Kier alpha value is -1.46. The van der Waals surface area contributed by atoms with E-state index in [2.05, 4.69) is 27.7 Å². The smallest absolute Gasteiger partial charge is 0.161 e. The summed E-state index contributed by atoms with van der Waals surface area (Å²) < 4.78 is 2.25. The molecule has 0 amide bonds. The maximum absolute atomic E-state index is 11.9. The largest absolute Gasteiger partial charge is 0.347 e. The van der Waals surface area contributed by atoms with Gasteiger partial charge in [0.1, 0.15) is 0 Å². The van der Waals surface area contributed by atoms with E-state index >= 15 is 0 Å². The second-order valence-electron chi connectivity index (χ2n) is 7.78. The summed E-state index contributed by atoms with van der Waals surface area (Å²) in [4.78, 5) is 15.8. The van der Waals surface area contributed by atoms with Gasteiger partial charge < -0.3 is 9.47 Å². The number of nitrogens with zero attached hydrogens (tertiary/aromatic N) is 2. The molecule has 30 heavy (non-hydrogen) atoms. The summed E-state index contributed by atoms with van der Waals surface area (Å²) in [7, 11) is 0. The zero-order valence-corrected chi connectivity index (χ0v) is 19.6. The van der Waals surface area contributed by atoms with E-state index < -0.39 is 0 Å². The normalized spacial score (nSPS) is 15.3. The highest BCUT2D eigenvalue weighted by atomic mass is 35.5. The Kier molecular flexibility index (Phi) is 8.29. The molecule has 1 saturated heterocycles. The number of likely N-dealkylation sites (tertiary alicyclic amines) is 1. The van der Waals surface area contributed by atoms with Crippen LogP contribution in [-0.2, 0) is 6.54 Å². The van der Waals surface area contributed by atoms with Gasteiger partial charge in [0.25, 0.3) is 0 Å². The van der Waals surface area contributed by atoms with Crippen LogP contribution in [0.4, 0.5) is 0 Å². The lowest BCUT2D eigenvalue weighted by atomic mass is 10.1. The van der Waals surface area contributed by atoms with Crippen LogP contribution in [0, 0.1) is 0 Å². The van der Waals surface area contributed by atoms with Crippen molar-refractivity contribution in [2.24, 2.45) is 0 Å². The third-order valence-corrected chi connectivity index (χ3v) is 7.29. The number of para-hydroxylation sites is 1. The van der Waals surface area contributed by atoms with E-state index in [1.54, 1.807) is 6.92 Å². The monoisotopic (exact) mass is 462 g/mol. The second-order valence-corrected chi connectivity index (χ2v) is 9.59. The van der Waals surface area contributed by atoms with Crippen LogP contribution in [0.2, 0.25) is 5.02 Å². The molecule has 0 radical (unpaired) electrons. The molecule has 2 aromatic carbocycles. The summed E-state index contributed by atoms with van der Waals surface area (Å²) in [5, 5.41) is 2.56. The van der Waals surface area contributed by atoms with Gasteiger partial charge in [0.2, 0.25) is 0 Å². The van der Waals surface area contributed by atoms with Gasteiger partial charge in [0, 0.05) is 44.4 Å². The van der Waals surface area contributed by atoms with Gasteiger partial charge in [-0.25, -0.2) is 0 Å². The van der Waals surface area contributed by atoms with Crippen LogP contribution in [0.1, 0.15) is 36.5 Å². The quantitative estimate of drug-likeness (QED) is 0.371. The number of piperidine rings is 1. The van der Waals surface area contributed by atoms with Crippen LogP contribution < -0.4 is 0 Å². The number of ketones is 1. The van der Waals surface area contributed by atoms with Crippen LogP contribution >= 0.6 is 35.8 Å². The van der Waals surface area contributed by atoms with E-state index in [0.29, 0.717) is 5.25 Å². The zero-order valence-electron chi connectivity index (χ0n) is 17.2. The van der Waals surface area contributed by atoms with Crippen molar-refractivity contribution in [3.63, 3.8) is 0 Å². The van der Waals surface area contributed by atoms with Gasteiger partial charge in [-0.05, 0) is 76.2 Å². The number of aromatic nitrogens is 1. The van der Waals surface area contributed by atoms with Crippen LogP contribution in [0.5, 0.6) is 0 Å². The average molecular weight is 463 g/mol. The molecule has 0 atom stereocenters. The van der Waals surface area contributed by atoms with Crippen molar-refractivity contribution >= 4 is 52.5 Å². The number of benzene rings is 2. The number of halogens is 2. The molecule has 4 rings (SSSR count). The van der Waals surface area contributed by atoms with Crippen LogP contribution in [0.3, 0.4) is 0 Å². The molecule has 160 valence electrons. The maximum Gasteiger partial charge on any atom is 0.161 e. The Morgan fingerprint density at radius 3 is 2.47 bits per heavy atom. The van der Waals surface area contributed by atoms with Gasteiger partial charge in [0.15, 0.2) is 5.78 Å². The summed E-state index contributed by atoms with van der Waals surface area (Å²) in [6.45, 7) is 6.04. The molecule has 6 heteroatoms. The molecule has 0 unspecified atom stereocenters. The Morgan fingerprint density at radius 1 is 1.07 bits per heavy atom. The zero-order chi connectivity index (χ0) is 20.2. The molecule has 0 aliphatic carbocycles. The van der Waals surface area contributed by atoms with Crippen molar-refractivity contribution < 1.29 is 4.79 Å². The number of hydrogen-bond donors (Lipinski definition) is 0. The van der Waals surface area contributed by atoms with Crippen LogP contribution in [0.25, 0.3) is 10.9 Å². The molecule has 0 N–H and O–H groups in total. The van der Waals surface area contributed by atoms with Gasteiger partial charge in [0.05, 0.1) is 0 Å². The third-order valence-electron chi connectivity index (χ3n) is 5.69. The predicted molar refractivity (Wildman–Crippen MR) is 131 cm³/mol. The fourth-order valence-electron chi connectivity index (χ4n) is 4.13. The Balaban J connectivity index is 0.00000256. The Labute approximate surface area is 194 Å². The number of carbonyl (C=O) groups excluding carboxylic acids is 1. The summed E-state index contributed by atoms with van der Waals surface area (Å²) in [5.41, 5.74) is 2.00. The van der Waals surface area contributed by atoms with E-state index in [4.69, 9.17) is 11.6 Å². The molecule has 3 nitrogen and oxygen atoms in total. The minimum atomic E-state index is 0. The number of hydrogen-bond acceptors (Lipinski definition) is 3. The molecule has 1 aromatic heterocycles. The summed E-state index contributed by atoms with van der Waals surface area (Å²) in [6, 6.07) is 16.4. The first kappa shape index (κ1) is 23.2. The van der Waals surface area contributed by atoms with Gasteiger partial charge in [-0.3, -0.25) is 4.79 Å². The fourth-order valence-corrected chi connectivity index (χ4v) is 5.38. The standard InChI is InChI=1S/C24H27ClN2OS.ClH/c1-18(28)23-17-27(24-6-3-2-5-22(23)24)14-4-13-26-15-11-21(12-16-26)29-20-9-7-19(25)8-10-20;/h2-3,5-10,17,21H,4,11-16H2,1H3;1H. The first-order valence-electron chi connectivity index (χ1n) is 10.3. The van der Waals surface area contributed by atoms with Crippen LogP contribution in [-0.4, -0.2) is 40.1 Å². The molecule has 0 spiro atoms. The van der Waals surface area contributed by atoms with Crippen molar-refractivity contribution in [3.05, 3.63) is 65.3 Å². The second kappa shape index (κ2) is 10.7. The lowest BCUT2D eigenvalue weighted by Gasteiger charge is -2.31. The first-order valence-corrected chi connectivity index (χ1v) is 11.6. The number of thioether (sulfide) groups is 1. The minimum Gasteiger partial charge on any atom is -0.347 e. The van der Waals surface area contributed by atoms with Crippen molar-refractivity contribution in [2.75, 3.05) is 19.6 Å². The lowest BCUT2D eigenvalue weighted by Crippen LogP contribution is -2.35. The van der Waals surface area contributed by atoms with Crippen LogP contribution in [0.15, 0.2) is 59.6 Å². The molecule has 1 fully saturated rings.